The topological polar surface area (TPSA) is 47.6 Å². The lowest BCUT2D eigenvalue weighted by atomic mass is 10.4. The molecule has 0 aromatic carbocycles. The second-order valence-electron chi connectivity index (χ2n) is 2.45. The van der Waals surface area contributed by atoms with Crippen molar-refractivity contribution in [2.45, 2.75) is 13.3 Å². The van der Waals surface area contributed by atoms with Crippen molar-refractivity contribution < 1.29 is 9.78 Å². The minimum Gasteiger partial charge on any atom is -0.411 e. The van der Waals surface area contributed by atoms with E-state index in [4.69, 9.17) is 5.21 Å². The van der Waals surface area contributed by atoms with Crippen molar-refractivity contribution in [2.24, 2.45) is 5.16 Å². The number of amidine groups is 1. The van der Waals surface area contributed by atoms with Crippen LogP contribution in [0.15, 0.2) is 5.16 Å². The first-order valence-corrected chi connectivity index (χ1v) is 3.68. The van der Waals surface area contributed by atoms with Crippen LogP contribution in [0.1, 0.15) is 13.3 Å². The first-order chi connectivity index (χ1) is 5.22. The molecule has 4 heteroatoms. The van der Waals surface area contributed by atoms with E-state index in [9.17, 15) is 0 Å². The molecule has 64 valence electrons. The third-order valence-electron chi connectivity index (χ3n) is 1.22. The van der Waals surface area contributed by atoms with Gasteiger partial charge in [-0.15, -0.1) is 0 Å². The van der Waals surface area contributed by atoms with Crippen LogP contribution in [0.2, 0.25) is 0 Å². The molecular formula is C7H16N3O+. The summed E-state index contributed by atoms with van der Waals surface area (Å²) in [5.74, 6) is 0.814. The van der Waals surface area contributed by atoms with E-state index in [1.165, 1.54) is 6.21 Å². The van der Waals surface area contributed by atoms with Gasteiger partial charge in [0, 0.05) is 0 Å². The molecule has 11 heavy (non-hydrogen) atoms. The quantitative estimate of drug-likeness (QED) is 0.201. The van der Waals surface area contributed by atoms with Gasteiger partial charge in [-0.2, -0.15) is 0 Å². The largest absolute Gasteiger partial charge is 0.411 e. The Hall–Kier alpha value is -1.06. The highest BCUT2D eigenvalue weighted by Crippen LogP contribution is 1.72. The average molecular weight is 158 g/mol. The lowest BCUT2D eigenvalue weighted by Gasteiger charge is -1.98. The van der Waals surface area contributed by atoms with Crippen molar-refractivity contribution in [3.8, 4) is 0 Å². The van der Waals surface area contributed by atoms with Gasteiger partial charge in [0.05, 0.1) is 20.6 Å². The first-order valence-electron chi connectivity index (χ1n) is 3.68. The van der Waals surface area contributed by atoms with Gasteiger partial charge in [0.2, 0.25) is 0 Å². The molecule has 0 unspecified atom stereocenters. The molecule has 0 bridgehead atoms. The molecule has 0 fully saturated rings. The van der Waals surface area contributed by atoms with E-state index < -0.39 is 0 Å². The van der Waals surface area contributed by atoms with Crippen LogP contribution in [0.4, 0.5) is 0 Å². The van der Waals surface area contributed by atoms with Crippen molar-refractivity contribution in [3.63, 3.8) is 0 Å². The Bertz CT molecular complexity index is 159. The predicted molar refractivity (Wildman–Crippen MR) is 45.7 cm³/mol. The second kappa shape index (κ2) is 5.70. The normalized spacial score (nSPS) is 10.1. The summed E-state index contributed by atoms with van der Waals surface area (Å²) in [7, 11) is 3.78. The summed E-state index contributed by atoms with van der Waals surface area (Å²) < 4.78 is 1.86. The van der Waals surface area contributed by atoms with Crippen LogP contribution < -0.4 is 5.32 Å². The number of nitrogens with zero attached hydrogens (tertiary/aromatic N) is 2. The van der Waals surface area contributed by atoms with Crippen LogP contribution in [-0.4, -0.2) is 42.5 Å². The van der Waals surface area contributed by atoms with Crippen molar-refractivity contribution in [3.05, 3.63) is 0 Å². The highest BCUT2D eigenvalue weighted by atomic mass is 16.4. The Morgan fingerprint density at radius 1 is 1.64 bits per heavy atom. The maximum Gasteiger partial charge on any atom is 0.291 e. The van der Waals surface area contributed by atoms with Gasteiger partial charge in [0.1, 0.15) is 0 Å². The number of nitrogens with one attached hydrogen (secondary N) is 1. The smallest absolute Gasteiger partial charge is 0.291 e. The number of hydrogen-bond acceptors (Lipinski definition) is 2. The van der Waals surface area contributed by atoms with Crippen LogP contribution in [0.3, 0.4) is 0 Å². The van der Waals surface area contributed by atoms with Crippen molar-refractivity contribution in [2.75, 3.05) is 20.6 Å². The van der Waals surface area contributed by atoms with Gasteiger partial charge < -0.3 is 5.21 Å². The fourth-order valence-corrected chi connectivity index (χ4v) is 0.627. The van der Waals surface area contributed by atoms with E-state index in [0.29, 0.717) is 0 Å². The molecule has 0 heterocycles. The zero-order valence-corrected chi connectivity index (χ0v) is 7.33. The van der Waals surface area contributed by atoms with E-state index in [0.717, 1.165) is 18.8 Å². The summed E-state index contributed by atoms with van der Waals surface area (Å²) in [6, 6.07) is 0. The fraction of sp³-hybridized carbons (Fsp3) is 0.714. The Labute approximate surface area is 67.2 Å². The van der Waals surface area contributed by atoms with Gasteiger partial charge in [-0.1, -0.05) is 12.1 Å². The SMILES string of the molecule is CCCNC(/C=N/O)=[N+](C)C. The molecular weight excluding hydrogens is 142 g/mol. The van der Waals surface area contributed by atoms with Crippen LogP contribution in [0, 0.1) is 0 Å². The molecule has 0 atom stereocenters. The van der Waals surface area contributed by atoms with Crippen molar-refractivity contribution in [1.29, 1.82) is 0 Å². The molecule has 0 aliphatic rings. The standard InChI is InChI=1S/C7H15N3O/c1-4-5-8-7(6-9-11)10(2)3/h6H,4-5H2,1-3H3,(H,8,11)/p+1. The van der Waals surface area contributed by atoms with Gasteiger partial charge in [0.15, 0.2) is 6.21 Å². The number of rotatable bonds is 3. The zero-order valence-electron chi connectivity index (χ0n) is 7.33. The van der Waals surface area contributed by atoms with E-state index in [1.807, 2.05) is 18.7 Å². The van der Waals surface area contributed by atoms with E-state index >= 15 is 0 Å². The molecule has 0 radical (unpaired) electrons. The summed E-state index contributed by atoms with van der Waals surface area (Å²) in [5.41, 5.74) is 0. The van der Waals surface area contributed by atoms with Crippen LogP contribution in [-0.2, 0) is 0 Å². The molecule has 0 aliphatic carbocycles. The number of hydrogen-bond donors (Lipinski definition) is 2. The Morgan fingerprint density at radius 2 is 2.27 bits per heavy atom. The summed E-state index contributed by atoms with van der Waals surface area (Å²) in [4.78, 5) is 0. The summed E-state index contributed by atoms with van der Waals surface area (Å²) in [6.07, 6.45) is 2.44. The fourth-order valence-electron chi connectivity index (χ4n) is 0.627. The van der Waals surface area contributed by atoms with E-state index in [1.54, 1.807) is 0 Å². The molecule has 0 saturated heterocycles. The van der Waals surface area contributed by atoms with Gasteiger partial charge >= 0.3 is 0 Å². The molecule has 0 saturated carbocycles. The summed E-state index contributed by atoms with van der Waals surface area (Å²) in [5, 5.41) is 14.3. The van der Waals surface area contributed by atoms with Gasteiger partial charge in [0.25, 0.3) is 5.84 Å². The maximum atomic E-state index is 8.27. The molecule has 4 nitrogen and oxygen atoms in total. The molecule has 0 amide bonds. The lowest BCUT2D eigenvalue weighted by Crippen LogP contribution is -2.32. The van der Waals surface area contributed by atoms with Gasteiger partial charge in [-0.25, -0.2) is 0 Å². The van der Waals surface area contributed by atoms with Crippen LogP contribution in [0.5, 0.6) is 0 Å². The van der Waals surface area contributed by atoms with Gasteiger partial charge in [-0.3, -0.25) is 9.89 Å². The molecule has 2 N–H and O–H groups in total. The molecule has 0 spiro atoms. The predicted octanol–water partition coefficient (Wildman–Crippen LogP) is 0.117. The van der Waals surface area contributed by atoms with E-state index in [2.05, 4.69) is 17.4 Å². The molecule has 0 aliphatic heterocycles. The second-order valence-corrected chi connectivity index (χ2v) is 2.45. The third-order valence-corrected chi connectivity index (χ3v) is 1.22. The Kier molecular flexibility index (Phi) is 5.15. The lowest BCUT2D eigenvalue weighted by molar-refractivity contribution is -0.464. The molecule has 0 aromatic rings. The highest BCUT2D eigenvalue weighted by molar-refractivity contribution is 6.26. The molecule has 0 rings (SSSR count). The minimum atomic E-state index is 0.814. The number of oxime groups is 1. The van der Waals surface area contributed by atoms with Gasteiger partial charge in [-0.05, 0) is 6.42 Å². The monoisotopic (exact) mass is 158 g/mol. The minimum absolute atomic E-state index is 0.814. The van der Waals surface area contributed by atoms with Crippen molar-refractivity contribution in [1.82, 2.24) is 5.32 Å². The maximum absolute atomic E-state index is 8.27. The third kappa shape index (κ3) is 4.36. The zero-order chi connectivity index (χ0) is 8.69. The van der Waals surface area contributed by atoms with Crippen molar-refractivity contribution >= 4 is 12.1 Å². The van der Waals surface area contributed by atoms with E-state index in [-0.39, 0.29) is 0 Å². The Morgan fingerprint density at radius 3 is 2.64 bits per heavy atom. The first kappa shape index (κ1) is 9.94. The Balaban J connectivity index is 4.02. The highest BCUT2D eigenvalue weighted by Gasteiger charge is 2.01. The van der Waals surface area contributed by atoms with Crippen LogP contribution >= 0.6 is 0 Å². The van der Waals surface area contributed by atoms with Crippen LogP contribution in [0.25, 0.3) is 0 Å². The average Bonchev–Trinajstić information content (AvgIpc) is 1.97. The summed E-state index contributed by atoms with van der Waals surface area (Å²) in [6.45, 7) is 2.97. The molecule has 0 aromatic heterocycles. The summed E-state index contributed by atoms with van der Waals surface area (Å²) >= 11 is 0.